The van der Waals surface area contributed by atoms with Gasteiger partial charge in [0.05, 0.1) is 0 Å². The standard InChI is InChI=1S/C24H22O5/c25-21-18-13-11-9-7-5-3-1-2-4-6-8-10-12-16-20-17-14-15-19-22(20)28-29-24(27)23(21)26/h1-19,25-27H/b2-1-,5-3-,6-4-,9-7+,10-8-,13-11-,16-12-,21-18+,24-23+. The van der Waals surface area contributed by atoms with Crippen molar-refractivity contribution < 1.29 is 25.1 Å². The van der Waals surface area contributed by atoms with Crippen LogP contribution in [0.1, 0.15) is 5.56 Å². The van der Waals surface area contributed by atoms with E-state index in [9.17, 15) is 15.3 Å². The van der Waals surface area contributed by atoms with Gasteiger partial charge in [0.15, 0.2) is 11.5 Å². The van der Waals surface area contributed by atoms with Crippen molar-refractivity contribution in [1.29, 1.82) is 0 Å². The number of fused-ring (bicyclic) bond motifs is 1. The summed E-state index contributed by atoms with van der Waals surface area (Å²) >= 11 is 0. The largest absolute Gasteiger partial charge is 0.504 e. The van der Waals surface area contributed by atoms with Gasteiger partial charge in [-0.1, -0.05) is 103 Å². The summed E-state index contributed by atoms with van der Waals surface area (Å²) in [5.74, 6) is -2.09. The third kappa shape index (κ3) is 7.97. The molecule has 5 heteroatoms. The fourth-order valence-corrected chi connectivity index (χ4v) is 2.02. The maximum atomic E-state index is 9.82. The second-order valence-electron chi connectivity index (χ2n) is 5.58. The summed E-state index contributed by atoms with van der Waals surface area (Å²) < 4.78 is 0. The highest BCUT2D eigenvalue weighted by atomic mass is 17.2. The van der Waals surface area contributed by atoms with Crippen LogP contribution in [0.15, 0.2) is 127 Å². The van der Waals surface area contributed by atoms with Crippen LogP contribution in [0.5, 0.6) is 5.75 Å². The van der Waals surface area contributed by atoms with E-state index < -0.39 is 17.5 Å². The topological polar surface area (TPSA) is 79.2 Å². The van der Waals surface area contributed by atoms with Gasteiger partial charge in [0.1, 0.15) is 0 Å². The Hall–Kier alpha value is -4.12. The third-order valence-corrected chi connectivity index (χ3v) is 3.44. The molecule has 29 heavy (non-hydrogen) atoms. The fraction of sp³-hybridized carbons (Fsp3) is 0. The minimum atomic E-state index is -0.969. The number of rotatable bonds is 0. The molecule has 0 bridgehead atoms. The Balaban J connectivity index is 2.28. The van der Waals surface area contributed by atoms with Gasteiger partial charge in [0.2, 0.25) is 5.76 Å². The molecule has 1 aromatic rings. The molecule has 0 saturated heterocycles. The van der Waals surface area contributed by atoms with Gasteiger partial charge < -0.3 is 15.3 Å². The van der Waals surface area contributed by atoms with Gasteiger partial charge in [0, 0.05) is 5.56 Å². The molecule has 0 radical (unpaired) electrons. The molecule has 0 atom stereocenters. The SMILES string of the molecule is OC1=C/C=C\C=C\C=C/C=C\C=C/C=C\C=C/c2ccccc2OO/C(O)=C\1O. The van der Waals surface area contributed by atoms with E-state index in [1.54, 1.807) is 42.5 Å². The lowest BCUT2D eigenvalue weighted by Gasteiger charge is -2.08. The maximum absolute atomic E-state index is 9.82. The van der Waals surface area contributed by atoms with Gasteiger partial charge in [-0.2, -0.15) is 0 Å². The lowest BCUT2D eigenvalue weighted by molar-refractivity contribution is -0.206. The van der Waals surface area contributed by atoms with Crippen molar-refractivity contribution in [3.05, 3.63) is 132 Å². The van der Waals surface area contributed by atoms with E-state index in [-0.39, 0.29) is 0 Å². The van der Waals surface area contributed by atoms with E-state index in [0.29, 0.717) is 11.3 Å². The molecule has 1 heterocycles. The third-order valence-electron chi connectivity index (χ3n) is 3.44. The fourth-order valence-electron chi connectivity index (χ4n) is 2.02. The first-order valence-electron chi connectivity index (χ1n) is 8.82. The first kappa shape index (κ1) is 21.2. The Labute approximate surface area is 169 Å². The first-order valence-corrected chi connectivity index (χ1v) is 8.82. The van der Waals surface area contributed by atoms with Crippen LogP contribution in [-0.2, 0) is 4.89 Å². The van der Waals surface area contributed by atoms with E-state index >= 15 is 0 Å². The van der Waals surface area contributed by atoms with Crippen molar-refractivity contribution in [3.63, 3.8) is 0 Å². The minimum Gasteiger partial charge on any atom is -0.504 e. The summed E-state index contributed by atoms with van der Waals surface area (Å²) in [5, 5.41) is 29.4. The summed E-state index contributed by atoms with van der Waals surface area (Å²) in [6.07, 6.45) is 26.5. The molecular formula is C24H22O5. The molecular weight excluding hydrogens is 368 g/mol. The van der Waals surface area contributed by atoms with Crippen molar-refractivity contribution in [1.82, 2.24) is 0 Å². The molecule has 0 spiro atoms. The molecule has 5 nitrogen and oxygen atoms in total. The molecule has 3 N–H and O–H groups in total. The van der Waals surface area contributed by atoms with Crippen LogP contribution in [0.3, 0.4) is 0 Å². The van der Waals surface area contributed by atoms with Crippen LogP contribution in [0.25, 0.3) is 6.08 Å². The second kappa shape index (κ2) is 12.3. The second-order valence-corrected chi connectivity index (χ2v) is 5.58. The minimum absolute atomic E-state index is 0.317. The van der Waals surface area contributed by atoms with Crippen LogP contribution in [-0.4, -0.2) is 15.3 Å². The van der Waals surface area contributed by atoms with Gasteiger partial charge in [0.25, 0.3) is 0 Å². The highest BCUT2D eigenvalue weighted by molar-refractivity contribution is 5.58. The number of hydrogen-bond acceptors (Lipinski definition) is 5. The number of hydrogen-bond donors (Lipinski definition) is 3. The monoisotopic (exact) mass is 390 g/mol. The molecule has 0 fully saturated rings. The van der Waals surface area contributed by atoms with Crippen molar-refractivity contribution >= 4 is 6.08 Å². The number of aliphatic hydroxyl groups excluding tert-OH is 3. The van der Waals surface area contributed by atoms with E-state index in [1.807, 2.05) is 60.8 Å². The smallest absolute Gasteiger partial charge is 0.374 e. The number of para-hydroxylation sites is 1. The van der Waals surface area contributed by atoms with Gasteiger partial charge in [-0.25, -0.2) is 4.89 Å². The quantitative estimate of drug-likeness (QED) is 0.467. The molecule has 0 saturated carbocycles. The number of aliphatic hydroxyl groups is 3. The average molecular weight is 390 g/mol. The van der Waals surface area contributed by atoms with Crippen LogP contribution >= 0.6 is 0 Å². The molecule has 1 aromatic carbocycles. The molecule has 1 aliphatic heterocycles. The van der Waals surface area contributed by atoms with Gasteiger partial charge in [-0.15, -0.1) is 0 Å². The van der Waals surface area contributed by atoms with Crippen molar-refractivity contribution in [2.24, 2.45) is 0 Å². The van der Waals surface area contributed by atoms with E-state index in [0.717, 1.165) is 0 Å². The van der Waals surface area contributed by atoms with Crippen LogP contribution in [0, 0.1) is 0 Å². The van der Waals surface area contributed by atoms with E-state index in [1.165, 1.54) is 12.2 Å². The lowest BCUT2D eigenvalue weighted by atomic mass is 10.2. The van der Waals surface area contributed by atoms with E-state index in [2.05, 4.69) is 0 Å². The molecule has 0 aliphatic carbocycles. The zero-order chi connectivity index (χ0) is 20.7. The predicted molar refractivity (Wildman–Crippen MR) is 115 cm³/mol. The van der Waals surface area contributed by atoms with Crippen molar-refractivity contribution in [2.45, 2.75) is 0 Å². The predicted octanol–water partition coefficient (Wildman–Crippen LogP) is 6.09. The van der Waals surface area contributed by atoms with Gasteiger partial charge in [-0.3, -0.25) is 4.89 Å². The first-order chi connectivity index (χ1) is 14.2. The van der Waals surface area contributed by atoms with Crippen LogP contribution in [0.2, 0.25) is 0 Å². The summed E-state index contributed by atoms with van der Waals surface area (Å²) in [4.78, 5) is 9.82. The zero-order valence-electron chi connectivity index (χ0n) is 15.6. The van der Waals surface area contributed by atoms with Crippen molar-refractivity contribution in [2.75, 3.05) is 0 Å². The molecule has 1 aliphatic rings. The molecule has 0 unspecified atom stereocenters. The zero-order valence-corrected chi connectivity index (χ0v) is 15.6. The van der Waals surface area contributed by atoms with Crippen molar-refractivity contribution in [3.8, 4) is 5.75 Å². The Morgan fingerprint density at radius 3 is 1.69 bits per heavy atom. The molecule has 148 valence electrons. The van der Waals surface area contributed by atoms with Crippen LogP contribution < -0.4 is 4.89 Å². The Morgan fingerprint density at radius 2 is 1.07 bits per heavy atom. The highest BCUT2D eigenvalue weighted by Gasteiger charge is 2.12. The Bertz CT molecular complexity index is 938. The van der Waals surface area contributed by atoms with Gasteiger partial charge >= 0.3 is 5.95 Å². The number of benzene rings is 1. The molecule has 2 rings (SSSR count). The highest BCUT2D eigenvalue weighted by Crippen LogP contribution is 2.21. The van der Waals surface area contributed by atoms with E-state index in [4.69, 9.17) is 9.78 Å². The summed E-state index contributed by atoms with van der Waals surface area (Å²) in [6, 6.07) is 6.98. The summed E-state index contributed by atoms with van der Waals surface area (Å²) in [6.45, 7) is 0. The Morgan fingerprint density at radius 1 is 0.552 bits per heavy atom. The average Bonchev–Trinajstić information content (AvgIpc) is 2.74. The Kier molecular flexibility index (Phi) is 8.98. The lowest BCUT2D eigenvalue weighted by Crippen LogP contribution is -2.03. The summed E-state index contributed by atoms with van der Waals surface area (Å²) in [7, 11) is 0. The number of allylic oxidation sites excluding steroid dienone is 14. The molecule has 0 aromatic heterocycles. The maximum Gasteiger partial charge on any atom is 0.374 e. The van der Waals surface area contributed by atoms with Gasteiger partial charge in [-0.05, 0) is 12.1 Å². The van der Waals surface area contributed by atoms with Crippen LogP contribution in [0.4, 0.5) is 0 Å². The normalized spacial score (nSPS) is 27.7. The summed E-state index contributed by atoms with van der Waals surface area (Å²) in [5.41, 5.74) is 0.690. The molecule has 0 amide bonds.